The maximum absolute atomic E-state index is 14.4. The Bertz CT molecular complexity index is 1200. The van der Waals surface area contributed by atoms with Crippen molar-refractivity contribution < 1.29 is 22.0 Å². The number of aryl methyl sites for hydroxylation is 2. The molecule has 2 aromatic carbocycles. The summed E-state index contributed by atoms with van der Waals surface area (Å²) in [5.74, 6) is -0.492. The fourth-order valence-corrected chi connectivity index (χ4v) is 4.41. The van der Waals surface area contributed by atoms with Crippen LogP contribution < -0.4 is 9.73 Å². The minimum Gasteiger partial charge on any atom is -0.459 e. The fraction of sp³-hybridized carbons (Fsp3) is 0.143. The summed E-state index contributed by atoms with van der Waals surface area (Å²) in [6, 6.07) is 13.1. The highest BCUT2D eigenvalue weighted by Gasteiger charge is 2.29. The molecular formula is C21H19BrFN3O4S. The molecule has 1 heterocycles. The summed E-state index contributed by atoms with van der Waals surface area (Å²) in [5.41, 5.74) is 2.86. The molecule has 7 nitrogen and oxygen atoms in total. The predicted molar refractivity (Wildman–Crippen MR) is 119 cm³/mol. The second-order valence-corrected chi connectivity index (χ2v) is 9.34. The first-order chi connectivity index (χ1) is 14.7. The Hall–Kier alpha value is -2.98. The Morgan fingerprint density at radius 3 is 2.48 bits per heavy atom. The molecule has 0 aliphatic heterocycles. The van der Waals surface area contributed by atoms with Crippen molar-refractivity contribution in [3.63, 3.8) is 0 Å². The molecule has 3 aromatic rings. The standard InChI is InChI=1S/C21H19BrFN3O4S/c1-14-7-9-17(10-8-14)31(28,29)26(20-6-4-3-5-19(20)23)13-21(27)25-24-12-16-11-18(22)15(2)30-16/h3-12H,13H2,1-2H3,(H,25,27)/b24-12+. The van der Waals surface area contributed by atoms with E-state index in [1.165, 1.54) is 36.5 Å². The third-order valence-corrected chi connectivity index (χ3v) is 6.84. The lowest BCUT2D eigenvalue weighted by Crippen LogP contribution is -2.40. The molecule has 0 unspecified atom stereocenters. The first-order valence-corrected chi connectivity index (χ1v) is 11.3. The number of benzene rings is 2. The van der Waals surface area contributed by atoms with E-state index >= 15 is 0 Å². The highest BCUT2D eigenvalue weighted by atomic mass is 79.9. The Labute approximate surface area is 187 Å². The van der Waals surface area contributed by atoms with Gasteiger partial charge < -0.3 is 4.42 Å². The first-order valence-electron chi connectivity index (χ1n) is 9.10. The fourth-order valence-electron chi connectivity index (χ4n) is 2.67. The number of anilines is 1. The number of nitrogens with zero attached hydrogens (tertiary/aromatic N) is 2. The molecule has 0 radical (unpaired) electrons. The second kappa shape index (κ2) is 9.44. The van der Waals surface area contributed by atoms with Crippen molar-refractivity contribution in [2.45, 2.75) is 18.7 Å². The van der Waals surface area contributed by atoms with Crippen molar-refractivity contribution in [3.8, 4) is 0 Å². The smallest absolute Gasteiger partial charge is 0.264 e. The van der Waals surface area contributed by atoms with E-state index in [9.17, 15) is 17.6 Å². The molecule has 31 heavy (non-hydrogen) atoms. The van der Waals surface area contributed by atoms with Crippen LogP contribution in [0.1, 0.15) is 17.1 Å². The van der Waals surface area contributed by atoms with Gasteiger partial charge in [-0.15, -0.1) is 0 Å². The lowest BCUT2D eigenvalue weighted by atomic mass is 10.2. The van der Waals surface area contributed by atoms with Gasteiger partial charge in [0.1, 0.15) is 23.9 Å². The number of rotatable bonds is 7. The van der Waals surface area contributed by atoms with Crippen LogP contribution in [0.5, 0.6) is 0 Å². The molecule has 0 saturated carbocycles. The van der Waals surface area contributed by atoms with Crippen LogP contribution in [0.15, 0.2) is 73.5 Å². The molecular weight excluding hydrogens is 489 g/mol. The molecule has 1 aromatic heterocycles. The maximum atomic E-state index is 14.4. The van der Waals surface area contributed by atoms with Crippen LogP contribution in [-0.2, 0) is 14.8 Å². The van der Waals surface area contributed by atoms with Gasteiger partial charge in [-0.05, 0) is 54.0 Å². The van der Waals surface area contributed by atoms with Gasteiger partial charge in [0.25, 0.3) is 15.9 Å². The van der Waals surface area contributed by atoms with E-state index in [0.29, 0.717) is 15.8 Å². The summed E-state index contributed by atoms with van der Waals surface area (Å²) in [4.78, 5) is 12.4. The van der Waals surface area contributed by atoms with Gasteiger partial charge in [-0.1, -0.05) is 29.8 Å². The van der Waals surface area contributed by atoms with Crippen molar-refractivity contribution in [1.82, 2.24) is 5.43 Å². The lowest BCUT2D eigenvalue weighted by Gasteiger charge is -2.24. The quantitative estimate of drug-likeness (QED) is 0.384. The minimum absolute atomic E-state index is 0.0615. The van der Waals surface area contributed by atoms with Gasteiger partial charge in [0.2, 0.25) is 0 Å². The Kier molecular flexibility index (Phi) is 6.91. The normalized spacial score (nSPS) is 11.6. The van der Waals surface area contributed by atoms with Gasteiger partial charge in [0.15, 0.2) is 0 Å². The van der Waals surface area contributed by atoms with E-state index < -0.39 is 28.3 Å². The van der Waals surface area contributed by atoms with Crippen molar-refractivity contribution in [2.24, 2.45) is 5.10 Å². The number of halogens is 2. The minimum atomic E-state index is -4.21. The summed E-state index contributed by atoms with van der Waals surface area (Å²) in [5, 5.41) is 3.78. The highest BCUT2D eigenvalue weighted by molar-refractivity contribution is 9.10. The van der Waals surface area contributed by atoms with Gasteiger partial charge in [-0.2, -0.15) is 5.10 Å². The van der Waals surface area contributed by atoms with Gasteiger partial charge in [0, 0.05) is 6.07 Å². The van der Waals surface area contributed by atoms with Crippen molar-refractivity contribution >= 4 is 43.8 Å². The zero-order chi connectivity index (χ0) is 22.6. The van der Waals surface area contributed by atoms with Crippen molar-refractivity contribution in [1.29, 1.82) is 0 Å². The molecule has 10 heteroatoms. The molecule has 0 spiro atoms. The van der Waals surface area contributed by atoms with Crippen LogP contribution in [0.2, 0.25) is 0 Å². The molecule has 0 aliphatic rings. The Balaban J connectivity index is 1.85. The molecule has 1 amide bonds. The molecule has 1 N–H and O–H groups in total. The van der Waals surface area contributed by atoms with Crippen LogP contribution in [0.3, 0.4) is 0 Å². The van der Waals surface area contributed by atoms with Crippen LogP contribution in [0.4, 0.5) is 10.1 Å². The number of hydrogen-bond acceptors (Lipinski definition) is 5. The number of carbonyl (C=O) groups is 1. The molecule has 0 aliphatic carbocycles. The van der Waals surface area contributed by atoms with E-state index in [-0.39, 0.29) is 10.6 Å². The molecule has 0 atom stereocenters. The van der Waals surface area contributed by atoms with Crippen LogP contribution in [-0.4, -0.2) is 27.1 Å². The van der Waals surface area contributed by atoms with Gasteiger partial charge in [0.05, 0.1) is 21.3 Å². The van der Waals surface area contributed by atoms with Crippen molar-refractivity contribution in [3.05, 3.63) is 82.0 Å². The van der Waals surface area contributed by atoms with Crippen LogP contribution in [0.25, 0.3) is 0 Å². The average molecular weight is 508 g/mol. The van der Waals surface area contributed by atoms with Gasteiger partial charge in [-0.3, -0.25) is 9.10 Å². The van der Waals surface area contributed by atoms with E-state index in [1.807, 2.05) is 6.92 Å². The van der Waals surface area contributed by atoms with E-state index in [4.69, 9.17) is 4.42 Å². The summed E-state index contributed by atoms with van der Waals surface area (Å²) in [6.45, 7) is 2.90. The number of hydrogen-bond donors (Lipinski definition) is 1. The monoisotopic (exact) mass is 507 g/mol. The average Bonchev–Trinajstić information content (AvgIpc) is 3.04. The number of para-hydroxylation sites is 1. The number of furan rings is 1. The topological polar surface area (TPSA) is 92.0 Å². The van der Waals surface area contributed by atoms with Crippen LogP contribution in [0, 0.1) is 19.7 Å². The Morgan fingerprint density at radius 1 is 1.19 bits per heavy atom. The second-order valence-electron chi connectivity index (χ2n) is 6.62. The number of hydrazone groups is 1. The summed E-state index contributed by atoms with van der Waals surface area (Å²) in [7, 11) is -4.21. The number of nitrogens with one attached hydrogen (secondary N) is 1. The Morgan fingerprint density at radius 2 is 1.87 bits per heavy atom. The predicted octanol–water partition coefficient (Wildman–Crippen LogP) is 4.14. The molecule has 0 fully saturated rings. The summed E-state index contributed by atoms with van der Waals surface area (Å²) >= 11 is 3.30. The molecule has 162 valence electrons. The number of sulfonamides is 1. The molecule has 3 rings (SSSR count). The largest absolute Gasteiger partial charge is 0.459 e. The molecule has 0 saturated heterocycles. The lowest BCUT2D eigenvalue weighted by molar-refractivity contribution is -0.119. The third kappa shape index (κ3) is 5.39. The SMILES string of the molecule is Cc1ccc(S(=O)(=O)N(CC(=O)N/N=C/c2cc(Br)c(C)o2)c2ccccc2F)cc1. The number of amides is 1. The zero-order valence-corrected chi connectivity index (χ0v) is 19.1. The first kappa shape index (κ1) is 22.7. The zero-order valence-electron chi connectivity index (χ0n) is 16.7. The van der Waals surface area contributed by atoms with Crippen molar-refractivity contribution in [2.75, 3.05) is 10.8 Å². The summed E-state index contributed by atoms with van der Waals surface area (Å²) in [6.07, 6.45) is 1.28. The van der Waals surface area contributed by atoms with Gasteiger partial charge in [-0.25, -0.2) is 18.2 Å². The van der Waals surface area contributed by atoms with Gasteiger partial charge >= 0.3 is 0 Å². The van der Waals surface area contributed by atoms with E-state index in [2.05, 4.69) is 26.5 Å². The third-order valence-electron chi connectivity index (χ3n) is 4.27. The highest BCUT2D eigenvalue weighted by Crippen LogP contribution is 2.26. The van der Waals surface area contributed by atoms with E-state index in [1.54, 1.807) is 25.1 Å². The van der Waals surface area contributed by atoms with E-state index in [0.717, 1.165) is 16.1 Å². The van der Waals surface area contributed by atoms with Crippen LogP contribution >= 0.6 is 15.9 Å². The number of carbonyl (C=O) groups excluding carboxylic acids is 1. The summed E-state index contributed by atoms with van der Waals surface area (Å²) < 4.78 is 47.6. The maximum Gasteiger partial charge on any atom is 0.264 e. The molecule has 0 bridgehead atoms.